The summed E-state index contributed by atoms with van der Waals surface area (Å²) in [6.45, 7) is 6.24. The van der Waals surface area contributed by atoms with E-state index in [-0.39, 0.29) is 12.4 Å². The van der Waals surface area contributed by atoms with E-state index in [0.717, 1.165) is 19.3 Å². The largest absolute Gasteiger partial charge is 0.300 e. The van der Waals surface area contributed by atoms with Crippen molar-refractivity contribution in [3.8, 4) is 0 Å². The van der Waals surface area contributed by atoms with E-state index in [9.17, 15) is 4.79 Å². The molecule has 0 bridgehead atoms. The number of carbonyl (C=O) groups is 1. The Morgan fingerprint density at radius 2 is 1.64 bits per heavy atom. The summed E-state index contributed by atoms with van der Waals surface area (Å²) in [5, 5.41) is 0. The molecule has 0 atom stereocenters. The Labute approximate surface area is 76.0 Å². The molecule has 11 heavy (non-hydrogen) atoms. The second-order valence-corrected chi connectivity index (χ2v) is 2.78. The van der Waals surface area contributed by atoms with Gasteiger partial charge in [0.15, 0.2) is 0 Å². The second kappa shape index (κ2) is 8.06. The number of ketones is 1. The summed E-state index contributed by atoms with van der Waals surface area (Å²) in [5.41, 5.74) is 0. The number of hydrogen-bond donors (Lipinski definition) is 0. The van der Waals surface area contributed by atoms with Crippen LogP contribution in [0.4, 0.5) is 0 Å². The summed E-state index contributed by atoms with van der Waals surface area (Å²) >= 11 is 0. The Morgan fingerprint density at radius 1 is 1.18 bits per heavy atom. The highest BCUT2D eigenvalue weighted by molar-refractivity contribution is 5.85. The van der Waals surface area contributed by atoms with Gasteiger partial charge in [0.05, 0.1) is 0 Å². The van der Waals surface area contributed by atoms with Gasteiger partial charge in [-0.05, 0) is 5.92 Å². The molecule has 0 aromatic rings. The van der Waals surface area contributed by atoms with Crippen LogP contribution in [0.15, 0.2) is 0 Å². The van der Waals surface area contributed by atoms with Crippen LogP contribution < -0.4 is 0 Å². The number of hydrogen-bond acceptors (Lipinski definition) is 1. The summed E-state index contributed by atoms with van der Waals surface area (Å²) < 4.78 is 0. The molecule has 0 saturated heterocycles. The molecule has 0 heterocycles. The number of Topliss-reactive ketones (excluding diaryl/α,β-unsaturated/α-hetero) is 1. The van der Waals surface area contributed by atoms with E-state index >= 15 is 0 Å². The van der Waals surface area contributed by atoms with E-state index in [2.05, 4.69) is 13.8 Å². The normalized spacial score (nSPS) is 9.45. The predicted octanol–water partition coefficient (Wildman–Crippen LogP) is 3.21. The monoisotopic (exact) mass is 178 g/mol. The van der Waals surface area contributed by atoms with Gasteiger partial charge in [0, 0.05) is 12.8 Å². The average Bonchev–Trinajstić information content (AvgIpc) is 1.99. The molecule has 1 nitrogen and oxygen atoms in total. The van der Waals surface area contributed by atoms with E-state index < -0.39 is 0 Å². The Hall–Kier alpha value is -0.0400. The van der Waals surface area contributed by atoms with Gasteiger partial charge in [-0.2, -0.15) is 0 Å². The molecule has 0 saturated carbocycles. The van der Waals surface area contributed by atoms with Crippen LogP contribution in [-0.4, -0.2) is 5.78 Å². The van der Waals surface area contributed by atoms with Gasteiger partial charge in [0.1, 0.15) is 5.78 Å². The van der Waals surface area contributed by atoms with E-state index in [1.54, 1.807) is 0 Å². The Kier molecular flexibility index (Phi) is 9.92. The maximum absolute atomic E-state index is 10.9. The Morgan fingerprint density at radius 3 is 1.91 bits per heavy atom. The minimum absolute atomic E-state index is 0. The SMILES string of the molecule is CCC(=O)CC(CC)CC.Cl. The van der Waals surface area contributed by atoms with Crippen molar-refractivity contribution in [2.24, 2.45) is 5.92 Å². The molecule has 0 amide bonds. The average molecular weight is 179 g/mol. The van der Waals surface area contributed by atoms with Gasteiger partial charge < -0.3 is 0 Å². The van der Waals surface area contributed by atoms with Crippen molar-refractivity contribution in [3.63, 3.8) is 0 Å². The van der Waals surface area contributed by atoms with Gasteiger partial charge in [0.25, 0.3) is 0 Å². The summed E-state index contributed by atoms with van der Waals surface area (Å²) in [5.74, 6) is 1.04. The molecular weight excluding hydrogens is 160 g/mol. The molecule has 0 fully saturated rings. The maximum atomic E-state index is 10.9. The van der Waals surface area contributed by atoms with Crippen LogP contribution in [0.1, 0.15) is 46.5 Å². The molecule has 2 heteroatoms. The molecule has 0 aliphatic rings. The van der Waals surface area contributed by atoms with E-state index in [0.29, 0.717) is 18.1 Å². The molecule has 0 N–H and O–H groups in total. The van der Waals surface area contributed by atoms with Crippen molar-refractivity contribution in [2.75, 3.05) is 0 Å². The zero-order valence-electron chi connectivity index (χ0n) is 7.72. The van der Waals surface area contributed by atoms with Crippen molar-refractivity contribution in [2.45, 2.75) is 46.5 Å². The lowest BCUT2D eigenvalue weighted by molar-refractivity contribution is -0.119. The van der Waals surface area contributed by atoms with Crippen LogP contribution in [0.3, 0.4) is 0 Å². The molecule has 0 spiro atoms. The fraction of sp³-hybridized carbons (Fsp3) is 0.889. The van der Waals surface area contributed by atoms with Crippen LogP contribution >= 0.6 is 12.4 Å². The highest BCUT2D eigenvalue weighted by Crippen LogP contribution is 2.13. The first-order valence-corrected chi connectivity index (χ1v) is 4.26. The standard InChI is InChI=1S/C9H18O.ClH/c1-4-8(5-2)7-9(10)6-3;/h8H,4-7H2,1-3H3;1H. The van der Waals surface area contributed by atoms with Crippen LogP contribution in [0.25, 0.3) is 0 Å². The fourth-order valence-corrected chi connectivity index (χ4v) is 1.04. The van der Waals surface area contributed by atoms with E-state index in [1.807, 2.05) is 6.92 Å². The fourth-order valence-electron chi connectivity index (χ4n) is 1.04. The van der Waals surface area contributed by atoms with Gasteiger partial charge >= 0.3 is 0 Å². The zero-order valence-corrected chi connectivity index (χ0v) is 8.54. The van der Waals surface area contributed by atoms with Crippen molar-refractivity contribution in [3.05, 3.63) is 0 Å². The maximum Gasteiger partial charge on any atom is 0.132 e. The zero-order chi connectivity index (χ0) is 7.98. The van der Waals surface area contributed by atoms with Crippen molar-refractivity contribution in [1.82, 2.24) is 0 Å². The number of carbonyl (C=O) groups excluding carboxylic acids is 1. The van der Waals surface area contributed by atoms with Crippen molar-refractivity contribution < 1.29 is 4.79 Å². The van der Waals surface area contributed by atoms with Gasteiger partial charge in [-0.15, -0.1) is 12.4 Å². The molecule has 0 aliphatic heterocycles. The van der Waals surface area contributed by atoms with Crippen molar-refractivity contribution in [1.29, 1.82) is 0 Å². The van der Waals surface area contributed by atoms with Crippen LogP contribution in [0.2, 0.25) is 0 Å². The summed E-state index contributed by atoms with van der Waals surface area (Å²) in [6, 6.07) is 0. The quantitative estimate of drug-likeness (QED) is 0.632. The molecular formula is C9H19ClO. The van der Waals surface area contributed by atoms with Crippen LogP contribution in [-0.2, 0) is 4.79 Å². The predicted molar refractivity (Wildman–Crippen MR) is 51.2 cm³/mol. The third-order valence-corrected chi connectivity index (χ3v) is 2.07. The van der Waals surface area contributed by atoms with Gasteiger partial charge in [-0.1, -0.05) is 33.6 Å². The van der Waals surface area contributed by atoms with Gasteiger partial charge in [-0.3, -0.25) is 4.79 Å². The molecule has 0 aromatic heterocycles. The number of rotatable bonds is 5. The lowest BCUT2D eigenvalue weighted by Gasteiger charge is -2.08. The second-order valence-electron chi connectivity index (χ2n) is 2.78. The summed E-state index contributed by atoms with van der Waals surface area (Å²) in [6.07, 6.45) is 3.78. The lowest BCUT2D eigenvalue weighted by Crippen LogP contribution is -2.05. The summed E-state index contributed by atoms with van der Waals surface area (Å²) in [7, 11) is 0. The molecule has 0 aromatic carbocycles. The number of halogens is 1. The first-order chi connectivity index (χ1) is 4.74. The first-order valence-electron chi connectivity index (χ1n) is 4.26. The van der Waals surface area contributed by atoms with E-state index in [1.165, 1.54) is 0 Å². The minimum atomic E-state index is 0. The molecule has 0 aliphatic carbocycles. The van der Waals surface area contributed by atoms with E-state index in [4.69, 9.17) is 0 Å². The van der Waals surface area contributed by atoms with Gasteiger partial charge in [0.2, 0.25) is 0 Å². The topological polar surface area (TPSA) is 17.1 Å². The van der Waals surface area contributed by atoms with Crippen LogP contribution in [0.5, 0.6) is 0 Å². The first kappa shape index (κ1) is 13.5. The Balaban J connectivity index is 0. The van der Waals surface area contributed by atoms with Gasteiger partial charge in [-0.25, -0.2) is 0 Å². The lowest BCUT2D eigenvalue weighted by atomic mass is 9.96. The summed E-state index contributed by atoms with van der Waals surface area (Å²) in [4.78, 5) is 10.9. The minimum Gasteiger partial charge on any atom is -0.300 e. The molecule has 0 unspecified atom stereocenters. The highest BCUT2D eigenvalue weighted by Gasteiger charge is 2.07. The third kappa shape index (κ3) is 6.36. The van der Waals surface area contributed by atoms with Crippen LogP contribution in [0, 0.1) is 5.92 Å². The van der Waals surface area contributed by atoms with Crippen molar-refractivity contribution >= 4 is 18.2 Å². The molecule has 0 radical (unpaired) electrons. The highest BCUT2D eigenvalue weighted by atomic mass is 35.5. The molecule has 68 valence electrons. The third-order valence-electron chi connectivity index (χ3n) is 2.07. The molecule has 0 rings (SSSR count). The smallest absolute Gasteiger partial charge is 0.132 e. The Bertz CT molecular complexity index is 97.7.